The quantitative estimate of drug-likeness (QED) is 0.281. The summed E-state index contributed by atoms with van der Waals surface area (Å²) >= 11 is 0. The summed E-state index contributed by atoms with van der Waals surface area (Å²) in [4.78, 5) is 29.4. The maximum absolute atomic E-state index is 13.1. The molecule has 30 heavy (non-hydrogen) atoms. The van der Waals surface area contributed by atoms with E-state index in [-0.39, 0.29) is 23.8 Å². The lowest BCUT2D eigenvalue weighted by molar-refractivity contribution is -0.139. The summed E-state index contributed by atoms with van der Waals surface area (Å²) < 4.78 is 0. The number of likely N-dealkylation sites (tertiary alicyclic amines) is 1. The van der Waals surface area contributed by atoms with Crippen molar-refractivity contribution >= 4 is 17.8 Å². The molecule has 0 aromatic heterocycles. The van der Waals surface area contributed by atoms with Crippen LogP contribution in [0.1, 0.15) is 24.8 Å². The van der Waals surface area contributed by atoms with Crippen LogP contribution in [0.15, 0.2) is 42.0 Å². The first-order valence-electron chi connectivity index (χ1n) is 10.6. The fraction of sp³-hybridized carbons (Fsp3) is 0.500. The van der Waals surface area contributed by atoms with E-state index in [9.17, 15) is 9.59 Å². The Hall–Kier alpha value is -2.87. The highest BCUT2D eigenvalue weighted by molar-refractivity contribution is 5.90. The number of hydrogen-bond acceptors (Lipinski definition) is 4. The molecule has 2 heterocycles. The summed E-state index contributed by atoms with van der Waals surface area (Å²) in [5.74, 6) is -0.0352. The van der Waals surface area contributed by atoms with Crippen molar-refractivity contribution in [3.05, 3.63) is 47.5 Å². The zero-order chi connectivity index (χ0) is 21.5. The highest BCUT2D eigenvalue weighted by atomic mass is 16.2. The monoisotopic (exact) mass is 412 g/mol. The molecule has 0 spiro atoms. The Morgan fingerprint density at radius 3 is 2.73 bits per heavy atom. The number of benzene rings is 1. The largest absolute Gasteiger partial charge is 0.370 e. The predicted molar refractivity (Wildman–Crippen MR) is 117 cm³/mol. The van der Waals surface area contributed by atoms with E-state index in [4.69, 9.17) is 11.1 Å². The average molecular weight is 413 g/mol. The van der Waals surface area contributed by atoms with E-state index in [1.807, 2.05) is 30.3 Å². The lowest BCUT2D eigenvalue weighted by Crippen LogP contribution is -2.52. The number of nitrogens with zero attached hydrogens (tertiary/aromatic N) is 2. The van der Waals surface area contributed by atoms with Crippen LogP contribution in [0.2, 0.25) is 0 Å². The van der Waals surface area contributed by atoms with E-state index in [0.717, 1.165) is 18.4 Å². The third-order valence-electron chi connectivity index (χ3n) is 5.85. The normalized spacial score (nSPS) is 19.5. The Morgan fingerprint density at radius 1 is 1.30 bits per heavy atom. The van der Waals surface area contributed by atoms with Gasteiger partial charge in [-0.05, 0) is 38.3 Å². The van der Waals surface area contributed by atoms with Crippen LogP contribution in [0.4, 0.5) is 0 Å². The summed E-state index contributed by atoms with van der Waals surface area (Å²) in [5.41, 5.74) is 7.77. The van der Waals surface area contributed by atoms with Gasteiger partial charge in [-0.15, -0.1) is 0 Å². The Kier molecular flexibility index (Phi) is 7.46. The average Bonchev–Trinajstić information content (AvgIpc) is 3.42. The van der Waals surface area contributed by atoms with Gasteiger partial charge >= 0.3 is 0 Å². The number of rotatable bonds is 8. The number of nitrogens with one attached hydrogen (secondary N) is 3. The molecule has 1 saturated heterocycles. The Morgan fingerprint density at radius 2 is 2.07 bits per heavy atom. The van der Waals surface area contributed by atoms with E-state index in [1.165, 1.54) is 5.57 Å². The molecule has 3 rings (SSSR count). The summed E-state index contributed by atoms with van der Waals surface area (Å²) in [7, 11) is 1.79. The zero-order valence-electron chi connectivity index (χ0n) is 17.6. The predicted octanol–water partition coefficient (Wildman–Crippen LogP) is 0.450. The maximum Gasteiger partial charge on any atom is 0.242 e. The van der Waals surface area contributed by atoms with Crippen molar-refractivity contribution in [1.29, 1.82) is 5.41 Å². The number of carbonyl (C=O) groups is 2. The summed E-state index contributed by atoms with van der Waals surface area (Å²) in [6, 6.07) is 9.16. The molecule has 1 fully saturated rings. The molecule has 1 aromatic carbocycles. The number of amides is 2. The molecule has 2 aliphatic rings. The highest BCUT2D eigenvalue weighted by Gasteiger charge is 2.36. The van der Waals surface area contributed by atoms with Gasteiger partial charge in [-0.25, -0.2) is 0 Å². The van der Waals surface area contributed by atoms with Gasteiger partial charge in [-0.1, -0.05) is 42.0 Å². The minimum absolute atomic E-state index is 0.0189. The van der Waals surface area contributed by atoms with Gasteiger partial charge in [0.05, 0.1) is 6.04 Å². The zero-order valence-corrected chi connectivity index (χ0v) is 17.6. The van der Waals surface area contributed by atoms with Crippen LogP contribution >= 0.6 is 0 Å². The molecule has 8 heteroatoms. The molecular weight excluding hydrogens is 380 g/mol. The molecule has 0 radical (unpaired) electrons. The molecule has 0 bridgehead atoms. The summed E-state index contributed by atoms with van der Waals surface area (Å²) in [6.45, 7) is 2.43. The van der Waals surface area contributed by atoms with Crippen LogP contribution < -0.4 is 16.4 Å². The second kappa shape index (κ2) is 10.2. The Labute approximate surface area is 178 Å². The Balaban J connectivity index is 1.50. The minimum Gasteiger partial charge on any atom is -0.370 e. The molecule has 0 aliphatic carbocycles. The molecule has 2 aliphatic heterocycles. The fourth-order valence-corrected chi connectivity index (χ4v) is 4.11. The highest BCUT2D eigenvalue weighted by Crippen LogP contribution is 2.20. The second-order valence-electron chi connectivity index (χ2n) is 7.89. The maximum atomic E-state index is 13.1. The first-order valence-corrected chi connectivity index (χ1v) is 10.6. The number of likely N-dealkylation sites (N-methyl/N-ethyl adjacent to an activating group) is 1. The number of hydrogen-bond donors (Lipinski definition) is 4. The fourth-order valence-electron chi connectivity index (χ4n) is 4.11. The third kappa shape index (κ3) is 5.38. The van der Waals surface area contributed by atoms with E-state index in [0.29, 0.717) is 39.0 Å². The standard InChI is InChI=1S/C22H32N6O2/c1-25-18(14-16-6-3-2-4-7-16)21(30)28-12-5-8-19(28)20(29)26-11-9-17-10-13-27(15-17)22(23)24/h2-4,6-7,10,18-19,25H,5,8-9,11-15H2,1H3,(H3,23,24)(H,26,29)/t18-,19+/m1/s1. The van der Waals surface area contributed by atoms with E-state index in [1.54, 1.807) is 16.8 Å². The van der Waals surface area contributed by atoms with Crippen molar-refractivity contribution in [3.63, 3.8) is 0 Å². The first-order chi connectivity index (χ1) is 14.5. The van der Waals surface area contributed by atoms with E-state index >= 15 is 0 Å². The van der Waals surface area contributed by atoms with Crippen molar-refractivity contribution in [1.82, 2.24) is 20.4 Å². The van der Waals surface area contributed by atoms with Crippen LogP contribution in [0.25, 0.3) is 0 Å². The van der Waals surface area contributed by atoms with Crippen LogP contribution in [0.3, 0.4) is 0 Å². The van der Waals surface area contributed by atoms with Gasteiger partial charge in [-0.3, -0.25) is 15.0 Å². The van der Waals surface area contributed by atoms with E-state index < -0.39 is 6.04 Å². The van der Waals surface area contributed by atoms with Crippen molar-refractivity contribution in [3.8, 4) is 0 Å². The number of nitrogens with two attached hydrogens (primary N) is 1. The van der Waals surface area contributed by atoms with Crippen LogP contribution in [-0.2, 0) is 16.0 Å². The lowest BCUT2D eigenvalue weighted by atomic mass is 10.0. The molecule has 2 atom stereocenters. The SMILES string of the molecule is CN[C@H](Cc1ccccc1)C(=O)N1CCC[C@H]1C(=O)NCCC1=CCN(C(=N)N)C1. The van der Waals surface area contributed by atoms with Crippen molar-refractivity contribution in [2.75, 3.05) is 33.2 Å². The van der Waals surface area contributed by atoms with Gasteiger partial charge in [0.2, 0.25) is 11.8 Å². The second-order valence-corrected chi connectivity index (χ2v) is 7.89. The van der Waals surface area contributed by atoms with Gasteiger partial charge in [-0.2, -0.15) is 0 Å². The minimum atomic E-state index is -0.407. The molecule has 0 saturated carbocycles. The molecule has 5 N–H and O–H groups in total. The van der Waals surface area contributed by atoms with Crippen molar-refractivity contribution < 1.29 is 9.59 Å². The summed E-state index contributed by atoms with van der Waals surface area (Å²) in [6.07, 6.45) is 4.91. The summed E-state index contributed by atoms with van der Waals surface area (Å²) in [5, 5.41) is 13.6. The number of guanidine groups is 1. The van der Waals surface area contributed by atoms with Crippen LogP contribution in [0, 0.1) is 5.41 Å². The Bertz CT molecular complexity index is 794. The molecule has 1 aromatic rings. The van der Waals surface area contributed by atoms with Crippen LogP contribution in [-0.4, -0.2) is 72.9 Å². The topological polar surface area (TPSA) is 115 Å². The van der Waals surface area contributed by atoms with Crippen molar-refractivity contribution in [2.24, 2.45) is 5.73 Å². The molecular formula is C22H32N6O2. The molecule has 8 nitrogen and oxygen atoms in total. The van der Waals surface area contributed by atoms with Crippen LogP contribution in [0.5, 0.6) is 0 Å². The van der Waals surface area contributed by atoms with Crippen molar-refractivity contribution in [2.45, 2.75) is 37.8 Å². The van der Waals surface area contributed by atoms with Gasteiger partial charge in [0.1, 0.15) is 6.04 Å². The van der Waals surface area contributed by atoms with Gasteiger partial charge in [0, 0.05) is 26.2 Å². The van der Waals surface area contributed by atoms with Gasteiger partial charge < -0.3 is 26.2 Å². The van der Waals surface area contributed by atoms with E-state index in [2.05, 4.69) is 16.7 Å². The molecule has 162 valence electrons. The molecule has 0 unspecified atom stereocenters. The van der Waals surface area contributed by atoms with Gasteiger partial charge in [0.15, 0.2) is 5.96 Å². The first kappa shape index (κ1) is 21.8. The lowest BCUT2D eigenvalue weighted by Gasteiger charge is -2.28. The smallest absolute Gasteiger partial charge is 0.242 e. The molecule has 2 amide bonds. The van der Waals surface area contributed by atoms with Gasteiger partial charge in [0.25, 0.3) is 0 Å². The third-order valence-corrected chi connectivity index (χ3v) is 5.85. The number of carbonyl (C=O) groups excluding carboxylic acids is 2.